The van der Waals surface area contributed by atoms with Crippen LogP contribution >= 0.6 is 11.3 Å². The summed E-state index contributed by atoms with van der Waals surface area (Å²) in [5.74, 6) is 1.12. The van der Waals surface area contributed by atoms with Crippen molar-refractivity contribution in [2.75, 3.05) is 13.1 Å². The highest BCUT2D eigenvalue weighted by Crippen LogP contribution is 2.32. The Morgan fingerprint density at radius 2 is 2.04 bits per heavy atom. The second kappa shape index (κ2) is 6.75. The van der Waals surface area contributed by atoms with E-state index in [-0.39, 0.29) is 17.4 Å². The summed E-state index contributed by atoms with van der Waals surface area (Å²) in [5.41, 5.74) is 3.46. The van der Waals surface area contributed by atoms with E-state index in [2.05, 4.69) is 15.3 Å². The van der Waals surface area contributed by atoms with Crippen LogP contribution in [0.15, 0.2) is 16.2 Å². The number of amides is 1. The SMILES string of the molecule is Cc1nc(C2CCN(C(=O)c3scc4c3CCCC4)CC2)cc(=O)[nH]1. The molecule has 0 radical (unpaired) electrons. The molecule has 0 bridgehead atoms. The lowest BCUT2D eigenvalue weighted by Crippen LogP contribution is -2.38. The Hall–Kier alpha value is -1.95. The lowest BCUT2D eigenvalue weighted by Gasteiger charge is -2.32. The zero-order valence-electron chi connectivity index (χ0n) is 14.5. The van der Waals surface area contributed by atoms with Crippen LogP contribution < -0.4 is 5.56 Å². The van der Waals surface area contributed by atoms with Crippen molar-refractivity contribution in [2.24, 2.45) is 0 Å². The maximum Gasteiger partial charge on any atom is 0.264 e. The number of nitrogens with one attached hydrogen (secondary N) is 1. The molecule has 5 nitrogen and oxygen atoms in total. The number of aromatic nitrogens is 2. The van der Waals surface area contributed by atoms with Crippen LogP contribution in [0.3, 0.4) is 0 Å². The van der Waals surface area contributed by atoms with Gasteiger partial charge in [0.05, 0.1) is 10.6 Å². The average Bonchev–Trinajstić information content (AvgIpc) is 3.04. The van der Waals surface area contributed by atoms with Gasteiger partial charge in [-0.1, -0.05) is 0 Å². The predicted octanol–water partition coefficient (Wildman–Crippen LogP) is 3.04. The van der Waals surface area contributed by atoms with Crippen molar-refractivity contribution in [3.63, 3.8) is 0 Å². The van der Waals surface area contributed by atoms with Crippen LogP contribution in [0.2, 0.25) is 0 Å². The van der Waals surface area contributed by atoms with Gasteiger partial charge in [0.25, 0.3) is 11.5 Å². The number of thiophene rings is 1. The number of rotatable bonds is 2. The maximum atomic E-state index is 12.9. The van der Waals surface area contributed by atoms with Gasteiger partial charge in [-0.25, -0.2) is 4.98 Å². The van der Waals surface area contributed by atoms with Crippen LogP contribution in [0.1, 0.15) is 63.9 Å². The number of H-pyrrole nitrogens is 1. The molecule has 132 valence electrons. The molecule has 0 saturated carbocycles. The van der Waals surface area contributed by atoms with Crippen LogP contribution in [-0.4, -0.2) is 33.9 Å². The fraction of sp³-hybridized carbons (Fsp3) is 0.526. The Bertz CT molecular complexity index is 847. The highest BCUT2D eigenvalue weighted by molar-refractivity contribution is 7.12. The van der Waals surface area contributed by atoms with E-state index in [0.29, 0.717) is 5.82 Å². The van der Waals surface area contributed by atoms with Crippen LogP contribution in [0.4, 0.5) is 0 Å². The molecule has 1 aliphatic heterocycles. The molecule has 4 rings (SSSR count). The molecule has 2 aromatic heterocycles. The summed E-state index contributed by atoms with van der Waals surface area (Å²) in [6.45, 7) is 3.29. The summed E-state index contributed by atoms with van der Waals surface area (Å²) in [4.78, 5) is 34.7. The predicted molar refractivity (Wildman–Crippen MR) is 98.4 cm³/mol. The number of aromatic amines is 1. The Balaban J connectivity index is 1.46. The van der Waals surface area contributed by atoms with Gasteiger partial charge in [0.15, 0.2) is 0 Å². The number of piperidine rings is 1. The van der Waals surface area contributed by atoms with Gasteiger partial charge in [-0.3, -0.25) is 9.59 Å². The summed E-state index contributed by atoms with van der Waals surface area (Å²) < 4.78 is 0. The third-order valence-corrected chi connectivity index (χ3v) is 6.44. The molecular weight excluding hydrogens is 334 g/mol. The fourth-order valence-corrected chi connectivity index (χ4v) is 5.16. The van der Waals surface area contributed by atoms with E-state index >= 15 is 0 Å². The average molecular weight is 357 g/mol. The Morgan fingerprint density at radius 3 is 2.80 bits per heavy atom. The molecule has 1 N–H and O–H groups in total. The molecule has 1 saturated heterocycles. The first-order valence-corrected chi connectivity index (χ1v) is 9.96. The number of fused-ring (bicyclic) bond motifs is 1. The van der Waals surface area contributed by atoms with Crippen LogP contribution in [-0.2, 0) is 12.8 Å². The number of aryl methyl sites for hydroxylation is 2. The minimum Gasteiger partial charge on any atom is -0.338 e. The van der Waals surface area contributed by atoms with Gasteiger partial charge in [0.1, 0.15) is 5.82 Å². The number of carbonyl (C=O) groups excluding carboxylic acids is 1. The van der Waals surface area contributed by atoms with Gasteiger partial charge in [0.2, 0.25) is 0 Å². The molecule has 2 aliphatic rings. The first-order valence-electron chi connectivity index (χ1n) is 9.08. The first kappa shape index (κ1) is 16.5. The largest absolute Gasteiger partial charge is 0.338 e. The fourth-order valence-electron chi connectivity index (χ4n) is 4.03. The normalized spacial score (nSPS) is 18.2. The quantitative estimate of drug-likeness (QED) is 0.898. The molecule has 0 aromatic carbocycles. The lowest BCUT2D eigenvalue weighted by molar-refractivity contribution is 0.0715. The van der Waals surface area contributed by atoms with Gasteiger partial charge in [-0.05, 0) is 62.0 Å². The van der Waals surface area contributed by atoms with Crippen LogP contribution in [0.5, 0.6) is 0 Å². The number of hydrogen-bond donors (Lipinski definition) is 1. The molecule has 6 heteroatoms. The van der Waals surface area contributed by atoms with Crippen LogP contribution in [0, 0.1) is 6.92 Å². The molecule has 1 aliphatic carbocycles. The molecule has 2 aromatic rings. The van der Waals surface area contributed by atoms with Gasteiger partial charge < -0.3 is 9.88 Å². The smallest absolute Gasteiger partial charge is 0.264 e. The topological polar surface area (TPSA) is 66.1 Å². The highest BCUT2D eigenvalue weighted by atomic mass is 32.1. The Kier molecular flexibility index (Phi) is 4.46. The summed E-state index contributed by atoms with van der Waals surface area (Å²) in [6, 6.07) is 1.60. The van der Waals surface area contributed by atoms with Gasteiger partial charge in [-0.15, -0.1) is 11.3 Å². The van der Waals surface area contributed by atoms with E-state index in [1.807, 2.05) is 11.8 Å². The number of carbonyl (C=O) groups is 1. The van der Waals surface area contributed by atoms with E-state index < -0.39 is 0 Å². The zero-order chi connectivity index (χ0) is 17.4. The van der Waals surface area contributed by atoms with Gasteiger partial charge in [-0.2, -0.15) is 0 Å². The second-order valence-corrected chi connectivity index (χ2v) is 7.98. The van der Waals surface area contributed by atoms with Gasteiger partial charge in [0, 0.05) is 25.1 Å². The molecule has 25 heavy (non-hydrogen) atoms. The molecule has 3 heterocycles. The van der Waals surface area contributed by atoms with E-state index in [0.717, 1.165) is 49.3 Å². The van der Waals surface area contributed by atoms with Gasteiger partial charge >= 0.3 is 0 Å². The third-order valence-electron chi connectivity index (χ3n) is 5.38. The summed E-state index contributed by atoms with van der Waals surface area (Å²) in [6.07, 6.45) is 6.34. The lowest BCUT2D eigenvalue weighted by atomic mass is 9.92. The van der Waals surface area contributed by atoms with Crippen molar-refractivity contribution in [3.05, 3.63) is 49.3 Å². The number of likely N-dealkylation sites (tertiary alicyclic amines) is 1. The standard InChI is InChI=1S/C19H23N3O2S/c1-12-20-16(10-17(23)21-12)13-6-8-22(9-7-13)19(24)18-15-5-3-2-4-14(15)11-25-18/h10-11,13H,2-9H2,1H3,(H,20,21,23). The molecule has 1 amide bonds. The second-order valence-electron chi connectivity index (χ2n) is 7.10. The molecule has 0 atom stereocenters. The molecule has 0 spiro atoms. The van der Waals surface area contributed by atoms with Crippen molar-refractivity contribution >= 4 is 17.2 Å². The third kappa shape index (κ3) is 3.27. The first-order chi connectivity index (χ1) is 12.1. The van der Waals surface area contributed by atoms with Crippen molar-refractivity contribution in [1.29, 1.82) is 0 Å². The summed E-state index contributed by atoms with van der Waals surface area (Å²) in [5, 5.41) is 2.18. The Labute approximate surface area is 151 Å². The number of hydrogen-bond acceptors (Lipinski definition) is 4. The van der Waals surface area contributed by atoms with Crippen molar-refractivity contribution < 1.29 is 4.79 Å². The van der Waals surface area contributed by atoms with Crippen LogP contribution in [0.25, 0.3) is 0 Å². The zero-order valence-corrected chi connectivity index (χ0v) is 15.3. The number of nitrogens with zero attached hydrogens (tertiary/aromatic N) is 2. The van der Waals surface area contributed by atoms with Crippen molar-refractivity contribution in [3.8, 4) is 0 Å². The van der Waals surface area contributed by atoms with E-state index in [9.17, 15) is 9.59 Å². The van der Waals surface area contributed by atoms with E-state index in [1.54, 1.807) is 17.4 Å². The van der Waals surface area contributed by atoms with E-state index in [4.69, 9.17) is 0 Å². The molecular formula is C19H23N3O2S. The Morgan fingerprint density at radius 1 is 1.28 bits per heavy atom. The monoisotopic (exact) mass is 357 g/mol. The van der Waals surface area contributed by atoms with E-state index in [1.165, 1.54) is 24.0 Å². The molecule has 0 unspecified atom stereocenters. The molecule has 1 fully saturated rings. The van der Waals surface area contributed by atoms with Crippen molar-refractivity contribution in [1.82, 2.24) is 14.9 Å². The highest BCUT2D eigenvalue weighted by Gasteiger charge is 2.28. The minimum atomic E-state index is -0.0915. The minimum absolute atomic E-state index is 0.0915. The summed E-state index contributed by atoms with van der Waals surface area (Å²) >= 11 is 1.62. The maximum absolute atomic E-state index is 12.9. The van der Waals surface area contributed by atoms with Crippen molar-refractivity contribution in [2.45, 2.75) is 51.4 Å². The summed E-state index contributed by atoms with van der Waals surface area (Å²) in [7, 11) is 0.